The summed E-state index contributed by atoms with van der Waals surface area (Å²) in [7, 11) is 1.67. The minimum Gasteiger partial charge on any atom is -0.494 e. The van der Waals surface area contributed by atoms with Gasteiger partial charge in [0.15, 0.2) is 0 Å². The van der Waals surface area contributed by atoms with Crippen LogP contribution in [0.2, 0.25) is 0 Å². The van der Waals surface area contributed by atoms with Crippen molar-refractivity contribution in [3.05, 3.63) is 26.6 Å². The highest BCUT2D eigenvalue weighted by Gasteiger charge is 2.09. The minimum absolute atomic E-state index is 0.532. The van der Waals surface area contributed by atoms with Gasteiger partial charge in [-0.05, 0) is 68.8 Å². The van der Waals surface area contributed by atoms with Gasteiger partial charge in [0, 0.05) is 12.6 Å². The summed E-state index contributed by atoms with van der Waals surface area (Å²) in [5.41, 5.74) is 1.24. The number of ether oxygens (including phenoxy) is 1. The lowest BCUT2D eigenvalue weighted by atomic mass is 10.1. The average Bonchev–Trinajstić information content (AvgIpc) is 2.25. The zero-order valence-corrected chi connectivity index (χ0v) is 14.6. The molecule has 0 saturated carbocycles. The highest BCUT2D eigenvalue weighted by Crippen LogP contribution is 2.34. The van der Waals surface area contributed by atoms with Crippen LogP contribution < -0.4 is 10.1 Å². The fraction of sp³-hybridized carbons (Fsp3) is 0.571. The van der Waals surface area contributed by atoms with Gasteiger partial charge < -0.3 is 10.1 Å². The lowest BCUT2D eigenvalue weighted by Gasteiger charge is -2.16. The van der Waals surface area contributed by atoms with E-state index in [1.165, 1.54) is 12.0 Å². The van der Waals surface area contributed by atoms with Gasteiger partial charge in [-0.1, -0.05) is 13.8 Å². The van der Waals surface area contributed by atoms with Crippen LogP contribution in [0, 0.1) is 5.92 Å². The Morgan fingerprint density at radius 1 is 1.17 bits per heavy atom. The quantitative estimate of drug-likeness (QED) is 0.771. The van der Waals surface area contributed by atoms with Crippen molar-refractivity contribution in [3.8, 4) is 5.75 Å². The molecule has 1 aromatic carbocycles. The van der Waals surface area contributed by atoms with E-state index in [4.69, 9.17) is 4.74 Å². The molecule has 102 valence electrons. The van der Waals surface area contributed by atoms with Crippen molar-refractivity contribution in [3.63, 3.8) is 0 Å². The summed E-state index contributed by atoms with van der Waals surface area (Å²) in [6, 6.07) is 4.72. The maximum Gasteiger partial charge on any atom is 0.147 e. The zero-order valence-electron chi connectivity index (χ0n) is 11.4. The lowest BCUT2D eigenvalue weighted by molar-refractivity contribution is 0.408. The summed E-state index contributed by atoms with van der Waals surface area (Å²) in [5, 5.41) is 3.54. The molecule has 0 amide bonds. The molecule has 0 aliphatic heterocycles. The molecule has 0 spiro atoms. The number of methoxy groups -OCH3 is 1. The van der Waals surface area contributed by atoms with Crippen LogP contribution in [-0.2, 0) is 6.54 Å². The van der Waals surface area contributed by atoms with E-state index >= 15 is 0 Å². The van der Waals surface area contributed by atoms with Crippen LogP contribution in [-0.4, -0.2) is 13.2 Å². The van der Waals surface area contributed by atoms with Crippen molar-refractivity contribution in [1.29, 1.82) is 0 Å². The largest absolute Gasteiger partial charge is 0.494 e. The summed E-state index contributed by atoms with van der Waals surface area (Å²) in [4.78, 5) is 0. The van der Waals surface area contributed by atoms with Crippen LogP contribution in [0.25, 0.3) is 0 Å². The first-order valence-corrected chi connectivity index (χ1v) is 7.78. The van der Waals surface area contributed by atoms with E-state index in [1.54, 1.807) is 7.11 Å². The molecule has 0 heterocycles. The van der Waals surface area contributed by atoms with Crippen LogP contribution >= 0.6 is 31.9 Å². The normalized spacial score (nSPS) is 12.8. The molecule has 0 aliphatic rings. The molecule has 0 saturated heterocycles. The summed E-state index contributed by atoms with van der Waals surface area (Å²) >= 11 is 7.05. The molecule has 18 heavy (non-hydrogen) atoms. The van der Waals surface area contributed by atoms with Crippen LogP contribution in [0.3, 0.4) is 0 Å². The van der Waals surface area contributed by atoms with Crippen molar-refractivity contribution < 1.29 is 4.74 Å². The third-order valence-corrected chi connectivity index (χ3v) is 3.92. The van der Waals surface area contributed by atoms with Crippen molar-refractivity contribution in [2.24, 2.45) is 5.92 Å². The van der Waals surface area contributed by atoms with Gasteiger partial charge >= 0.3 is 0 Å². The number of benzene rings is 1. The second-order valence-electron chi connectivity index (χ2n) is 5.00. The van der Waals surface area contributed by atoms with E-state index in [0.717, 1.165) is 27.2 Å². The first kappa shape index (κ1) is 16.0. The summed E-state index contributed by atoms with van der Waals surface area (Å²) in [6.07, 6.45) is 1.19. The number of rotatable bonds is 6. The summed E-state index contributed by atoms with van der Waals surface area (Å²) < 4.78 is 7.25. The SMILES string of the molecule is COc1c(Br)cc(CNC(C)CC(C)C)cc1Br. The van der Waals surface area contributed by atoms with Crippen LogP contribution in [0.15, 0.2) is 21.1 Å². The first-order valence-electron chi connectivity index (χ1n) is 6.19. The maximum atomic E-state index is 5.29. The number of hydrogen-bond donors (Lipinski definition) is 1. The highest BCUT2D eigenvalue weighted by molar-refractivity contribution is 9.11. The third-order valence-electron chi connectivity index (χ3n) is 2.74. The molecule has 2 nitrogen and oxygen atoms in total. The maximum absolute atomic E-state index is 5.29. The van der Waals surface area contributed by atoms with E-state index in [0.29, 0.717) is 6.04 Å². The second-order valence-corrected chi connectivity index (χ2v) is 6.71. The zero-order chi connectivity index (χ0) is 13.7. The van der Waals surface area contributed by atoms with Crippen molar-refractivity contribution in [2.45, 2.75) is 39.8 Å². The monoisotopic (exact) mass is 377 g/mol. The van der Waals surface area contributed by atoms with Crippen LogP contribution in [0.4, 0.5) is 0 Å². The Morgan fingerprint density at radius 2 is 1.72 bits per heavy atom. The van der Waals surface area contributed by atoms with Gasteiger partial charge in [0.1, 0.15) is 5.75 Å². The van der Waals surface area contributed by atoms with Crippen molar-refractivity contribution >= 4 is 31.9 Å². The van der Waals surface area contributed by atoms with Gasteiger partial charge in [0.2, 0.25) is 0 Å². The Kier molecular flexibility index (Phi) is 6.67. The van der Waals surface area contributed by atoms with Gasteiger partial charge in [-0.3, -0.25) is 0 Å². The van der Waals surface area contributed by atoms with Crippen molar-refractivity contribution in [1.82, 2.24) is 5.32 Å². The summed E-state index contributed by atoms with van der Waals surface area (Å²) in [5.74, 6) is 1.57. The fourth-order valence-electron chi connectivity index (χ4n) is 1.99. The van der Waals surface area contributed by atoms with Crippen LogP contribution in [0.1, 0.15) is 32.8 Å². The molecule has 4 heteroatoms. The molecule has 1 atom stereocenters. The molecule has 1 unspecified atom stereocenters. The molecule has 0 fully saturated rings. The Hall–Kier alpha value is -0.0600. The van der Waals surface area contributed by atoms with Gasteiger partial charge in [-0.15, -0.1) is 0 Å². The van der Waals surface area contributed by atoms with E-state index in [2.05, 4.69) is 70.1 Å². The first-order chi connectivity index (χ1) is 8.43. The topological polar surface area (TPSA) is 21.3 Å². The molecule has 0 radical (unpaired) electrons. The molecule has 0 aromatic heterocycles. The Balaban J connectivity index is 2.63. The Morgan fingerprint density at radius 3 is 2.17 bits per heavy atom. The lowest BCUT2D eigenvalue weighted by Crippen LogP contribution is -2.26. The number of nitrogens with one attached hydrogen (secondary N) is 1. The number of halogens is 2. The van der Waals surface area contributed by atoms with E-state index in [9.17, 15) is 0 Å². The molecule has 0 aliphatic carbocycles. The van der Waals surface area contributed by atoms with Gasteiger partial charge in [0.25, 0.3) is 0 Å². The smallest absolute Gasteiger partial charge is 0.147 e. The minimum atomic E-state index is 0.532. The number of hydrogen-bond acceptors (Lipinski definition) is 2. The van der Waals surface area contributed by atoms with E-state index in [1.807, 2.05) is 0 Å². The molecule has 0 bridgehead atoms. The second kappa shape index (κ2) is 7.51. The average molecular weight is 379 g/mol. The third kappa shape index (κ3) is 4.90. The van der Waals surface area contributed by atoms with Gasteiger partial charge in [0.05, 0.1) is 16.1 Å². The van der Waals surface area contributed by atoms with Crippen LogP contribution in [0.5, 0.6) is 5.75 Å². The molecule has 1 N–H and O–H groups in total. The highest BCUT2D eigenvalue weighted by atomic mass is 79.9. The Bertz CT molecular complexity index is 370. The predicted octanol–water partition coefficient (Wildman–Crippen LogP) is 4.74. The fourth-order valence-corrected chi connectivity index (χ4v) is 3.60. The van der Waals surface area contributed by atoms with E-state index in [-0.39, 0.29) is 0 Å². The molecule has 1 aromatic rings. The summed E-state index contributed by atoms with van der Waals surface area (Å²) in [6.45, 7) is 7.60. The van der Waals surface area contributed by atoms with Gasteiger partial charge in [-0.2, -0.15) is 0 Å². The van der Waals surface area contributed by atoms with Crippen molar-refractivity contribution in [2.75, 3.05) is 7.11 Å². The molecule has 1 rings (SSSR count). The van der Waals surface area contributed by atoms with Gasteiger partial charge in [-0.25, -0.2) is 0 Å². The predicted molar refractivity (Wildman–Crippen MR) is 84.2 cm³/mol. The molecular weight excluding hydrogens is 358 g/mol. The molecular formula is C14H21Br2NO. The van der Waals surface area contributed by atoms with E-state index < -0.39 is 0 Å². The standard InChI is InChI=1S/C14H21Br2NO/c1-9(2)5-10(3)17-8-11-6-12(15)14(18-4)13(16)7-11/h6-7,9-10,17H,5,8H2,1-4H3. The Labute approximate surface area is 127 Å².